The summed E-state index contributed by atoms with van der Waals surface area (Å²) < 4.78 is 1.93. The van der Waals surface area contributed by atoms with Crippen LogP contribution in [-0.4, -0.2) is 14.7 Å². The highest BCUT2D eigenvalue weighted by molar-refractivity contribution is 7.98. The molecule has 1 atom stereocenters. The lowest BCUT2D eigenvalue weighted by atomic mass is 10.1. The number of rotatable bonds is 2. The summed E-state index contributed by atoms with van der Waals surface area (Å²) in [7, 11) is 0. The fourth-order valence-corrected chi connectivity index (χ4v) is 2.98. The van der Waals surface area contributed by atoms with E-state index in [1.165, 1.54) is 16.8 Å². The number of hydrogen-bond donors (Lipinski definition) is 2. The number of aromatic nitrogens is 2. The molecule has 1 aromatic heterocycles. The van der Waals surface area contributed by atoms with Crippen LogP contribution in [0.3, 0.4) is 0 Å². The zero-order valence-corrected chi connectivity index (χ0v) is 11.5. The van der Waals surface area contributed by atoms with Crippen molar-refractivity contribution in [2.24, 2.45) is 0 Å². The molecule has 2 N–H and O–H groups in total. The number of benzene rings is 1. The molecule has 0 saturated carbocycles. The number of nitrogens with zero attached hydrogens (tertiary/aromatic N) is 2. The van der Waals surface area contributed by atoms with Gasteiger partial charge in [-0.25, -0.2) is 0 Å². The highest BCUT2D eigenvalue weighted by Crippen LogP contribution is 2.31. The van der Waals surface area contributed by atoms with Crippen LogP contribution in [0.4, 0.5) is 11.5 Å². The van der Waals surface area contributed by atoms with Crippen molar-refractivity contribution >= 4 is 23.5 Å². The van der Waals surface area contributed by atoms with Crippen LogP contribution >= 0.6 is 11.9 Å². The van der Waals surface area contributed by atoms with Gasteiger partial charge >= 0.3 is 0 Å². The average molecular weight is 260 g/mol. The highest BCUT2D eigenvalue weighted by Gasteiger charge is 2.23. The van der Waals surface area contributed by atoms with Gasteiger partial charge in [0.2, 0.25) is 0 Å². The normalized spacial score (nSPS) is 17.4. The lowest BCUT2D eigenvalue weighted by molar-refractivity contribution is 0.996. The van der Waals surface area contributed by atoms with E-state index in [1.54, 1.807) is 11.9 Å². The summed E-state index contributed by atoms with van der Waals surface area (Å²) in [6.07, 6.45) is 0. The largest absolute Gasteiger partial charge is 0.355 e. The standard InChI is InChI=1S/C13H16N4S/c1-8-5-4-6-11(10(8)3)14-13-15-12-7-9(2)16-17(12)18-13/h4-7,13-15H,1-3H3. The quantitative estimate of drug-likeness (QED) is 0.870. The molecule has 5 heteroatoms. The molecule has 3 rings (SSSR count). The molecule has 0 aliphatic carbocycles. The van der Waals surface area contributed by atoms with Gasteiger partial charge in [0.1, 0.15) is 5.82 Å². The summed E-state index contributed by atoms with van der Waals surface area (Å²) in [6, 6.07) is 8.37. The van der Waals surface area contributed by atoms with Gasteiger partial charge in [-0.1, -0.05) is 12.1 Å². The smallest absolute Gasteiger partial charge is 0.168 e. The Hall–Kier alpha value is -1.62. The topological polar surface area (TPSA) is 41.9 Å². The Morgan fingerprint density at radius 3 is 2.94 bits per heavy atom. The number of hydrogen-bond acceptors (Lipinski definition) is 4. The van der Waals surface area contributed by atoms with Gasteiger partial charge < -0.3 is 10.6 Å². The maximum absolute atomic E-state index is 4.40. The van der Waals surface area contributed by atoms with Crippen molar-refractivity contribution in [1.29, 1.82) is 0 Å². The molecule has 4 nitrogen and oxygen atoms in total. The van der Waals surface area contributed by atoms with Crippen LogP contribution in [0.15, 0.2) is 24.3 Å². The third-order valence-corrected chi connectivity index (χ3v) is 4.10. The summed E-state index contributed by atoms with van der Waals surface area (Å²) in [4.78, 5) is 0. The fourth-order valence-electron chi connectivity index (χ4n) is 2.03. The van der Waals surface area contributed by atoms with E-state index in [0.717, 1.165) is 11.5 Å². The van der Waals surface area contributed by atoms with Crippen molar-refractivity contribution in [2.45, 2.75) is 26.3 Å². The van der Waals surface area contributed by atoms with Crippen LogP contribution in [0, 0.1) is 20.8 Å². The van der Waals surface area contributed by atoms with Crippen LogP contribution in [0.5, 0.6) is 0 Å². The predicted molar refractivity (Wildman–Crippen MR) is 76.9 cm³/mol. The van der Waals surface area contributed by atoms with Crippen LogP contribution in [0.2, 0.25) is 0 Å². The second-order valence-corrected chi connectivity index (χ2v) is 5.59. The molecule has 0 bridgehead atoms. The molecule has 0 radical (unpaired) electrons. The Balaban J connectivity index is 1.76. The predicted octanol–water partition coefficient (Wildman–Crippen LogP) is 3.13. The summed E-state index contributed by atoms with van der Waals surface area (Å²) in [6.45, 7) is 6.27. The van der Waals surface area contributed by atoms with Crippen LogP contribution in [-0.2, 0) is 0 Å². The zero-order valence-electron chi connectivity index (χ0n) is 10.7. The van der Waals surface area contributed by atoms with E-state index >= 15 is 0 Å². The summed E-state index contributed by atoms with van der Waals surface area (Å²) in [5, 5.41) is 11.3. The average Bonchev–Trinajstić information content (AvgIpc) is 2.81. The van der Waals surface area contributed by atoms with Gasteiger partial charge in [-0.05, 0) is 38.0 Å². The first-order chi connectivity index (χ1) is 8.63. The second kappa shape index (κ2) is 4.24. The Bertz CT molecular complexity index is 567. The maximum atomic E-state index is 4.40. The molecule has 0 fully saturated rings. The molecule has 0 saturated heterocycles. The molecule has 0 spiro atoms. The number of anilines is 2. The van der Waals surface area contributed by atoms with Crippen molar-refractivity contribution < 1.29 is 0 Å². The minimum atomic E-state index is 0.133. The Morgan fingerprint density at radius 2 is 2.17 bits per heavy atom. The molecule has 2 aromatic rings. The van der Waals surface area contributed by atoms with Gasteiger partial charge in [-0.3, -0.25) is 0 Å². The van der Waals surface area contributed by atoms with Crippen LogP contribution in [0.1, 0.15) is 16.8 Å². The molecule has 1 aliphatic heterocycles. The monoisotopic (exact) mass is 260 g/mol. The third kappa shape index (κ3) is 1.95. The van der Waals surface area contributed by atoms with E-state index in [1.807, 2.05) is 11.0 Å². The lowest BCUT2D eigenvalue weighted by Gasteiger charge is -2.16. The maximum Gasteiger partial charge on any atom is 0.168 e. The summed E-state index contributed by atoms with van der Waals surface area (Å²) in [5.74, 6) is 1.06. The van der Waals surface area contributed by atoms with Crippen molar-refractivity contribution in [3.05, 3.63) is 41.1 Å². The molecule has 0 amide bonds. The van der Waals surface area contributed by atoms with Crippen LogP contribution < -0.4 is 10.6 Å². The molecule has 1 unspecified atom stereocenters. The van der Waals surface area contributed by atoms with Crippen molar-refractivity contribution in [2.75, 3.05) is 10.6 Å². The summed E-state index contributed by atoms with van der Waals surface area (Å²) in [5.41, 5.74) is 4.93. The van der Waals surface area contributed by atoms with Crippen molar-refractivity contribution in [3.63, 3.8) is 0 Å². The van der Waals surface area contributed by atoms with E-state index in [-0.39, 0.29) is 5.50 Å². The van der Waals surface area contributed by atoms with Crippen molar-refractivity contribution in [3.8, 4) is 0 Å². The SMILES string of the molecule is Cc1cc2n(n1)SC(Nc1cccc(C)c1C)N2. The molecule has 94 valence electrons. The first-order valence-corrected chi connectivity index (χ1v) is 6.80. The van der Waals surface area contributed by atoms with Gasteiger partial charge in [0.05, 0.1) is 5.69 Å². The molecule has 18 heavy (non-hydrogen) atoms. The third-order valence-electron chi connectivity index (χ3n) is 3.18. The van der Waals surface area contributed by atoms with Crippen LogP contribution in [0.25, 0.3) is 0 Å². The minimum absolute atomic E-state index is 0.133. The van der Waals surface area contributed by atoms with Gasteiger partial charge in [-0.15, -0.1) is 0 Å². The van der Waals surface area contributed by atoms with Gasteiger partial charge in [0.25, 0.3) is 0 Å². The van der Waals surface area contributed by atoms with Gasteiger partial charge in [0.15, 0.2) is 5.50 Å². The lowest BCUT2D eigenvalue weighted by Crippen LogP contribution is -2.21. The molecular formula is C13H16N4S. The van der Waals surface area contributed by atoms with E-state index in [9.17, 15) is 0 Å². The van der Waals surface area contributed by atoms with E-state index in [2.05, 4.69) is 53.8 Å². The van der Waals surface area contributed by atoms with Gasteiger partial charge in [-0.2, -0.15) is 9.19 Å². The summed E-state index contributed by atoms with van der Waals surface area (Å²) >= 11 is 1.65. The molecule has 1 aliphatic rings. The minimum Gasteiger partial charge on any atom is -0.355 e. The first-order valence-electron chi connectivity index (χ1n) is 5.96. The number of aryl methyl sites for hydroxylation is 2. The Labute approximate surface area is 111 Å². The number of nitrogens with one attached hydrogen (secondary N) is 2. The van der Waals surface area contributed by atoms with E-state index < -0.39 is 0 Å². The van der Waals surface area contributed by atoms with Crippen molar-refractivity contribution in [1.82, 2.24) is 9.19 Å². The second-order valence-electron chi connectivity index (χ2n) is 4.57. The molecule has 2 heterocycles. The number of fused-ring (bicyclic) bond motifs is 1. The highest BCUT2D eigenvalue weighted by atomic mass is 32.2. The Kier molecular flexibility index (Phi) is 2.70. The molecule has 1 aromatic carbocycles. The molecular weight excluding hydrogens is 244 g/mol. The van der Waals surface area contributed by atoms with E-state index in [4.69, 9.17) is 0 Å². The van der Waals surface area contributed by atoms with Gasteiger partial charge in [0, 0.05) is 23.7 Å². The zero-order chi connectivity index (χ0) is 12.7. The Morgan fingerprint density at radius 1 is 1.33 bits per heavy atom. The fraction of sp³-hybridized carbons (Fsp3) is 0.308. The van der Waals surface area contributed by atoms with E-state index in [0.29, 0.717) is 0 Å². The first kappa shape index (κ1) is 11.5.